The molecular weight excluding hydrogens is 288 g/mol. The van der Waals surface area contributed by atoms with Gasteiger partial charge in [0, 0.05) is 12.7 Å². The second-order valence-electron chi connectivity index (χ2n) is 4.83. The second kappa shape index (κ2) is 6.80. The number of sulfonamides is 1. The molecule has 5 nitrogen and oxygen atoms in total. The summed E-state index contributed by atoms with van der Waals surface area (Å²) in [4.78, 5) is 3.86. The van der Waals surface area contributed by atoms with Crippen molar-refractivity contribution in [3.05, 3.63) is 59.8 Å². The van der Waals surface area contributed by atoms with E-state index in [0.717, 1.165) is 5.56 Å². The van der Waals surface area contributed by atoms with Gasteiger partial charge in [0.05, 0.1) is 6.61 Å². The van der Waals surface area contributed by atoms with Gasteiger partial charge in [0.25, 0.3) is 10.0 Å². The summed E-state index contributed by atoms with van der Waals surface area (Å²) in [5.41, 5.74) is 1.65. The molecule has 21 heavy (non-hydrogen) atoms. The van der Waals surface area contributed by atoms with Crippen LogP contribution in [0.4, 0.5) is 0 Å². The standard InChI is InChI=1S/C15H18N2O3S/c1-12(14-5-3-2-4-6-14)9-17-21(19,20)15-8-7-13(11-18)10-16-15/h2-8,10,12,17-18H,9,11H2,1H3. The van der Waals surface area contributed by atoms with Gasteiger partial charge >= 0.3 is 0 Å². The molecular formula is C15H18N2O3S. The number of aromatic nitrogens is 1. The van der Waals surface area contributed by atoms with Gasteiger partial charge in [-0.3, -0.25) is 0 Å². The van der Waals surface area contributed by atoms with E-state index in [1.54, 1.807) is 6.07 Å². The maximum absolute atomic E-state index is 12.1. The molecule has 2 N–H and O–H groups in total. The monoisotopic (exact) mass is 306 g/mol. The fraction of sp³-hybridized carbons (Fsp3) is 0.267. The molecule has 0 aliphatic heterocycles. The summed E-state index contributed by atoms with van der Waals surface area (Å²) in [6, 6.07) is 12.6. The first-order chi connectivity index (χ1) is 10.0. The van der Waals surface area contributed by atoms with Crippen molar-refractivity contribution < 1.29 is 13.5 Å². The zero-order valence-corrected chi connectivity index (χ0v) is 12.5. The molecule has 0 aliphatic rings. The lowest BCUT2D eigenvalue weighted by molar-refractivity contribution is 0.281. The average molecular weight is 306 g/mol. The Bertz CT molecular complexity index is 670. The topological polar surface area (TPSA) is 79.3 Å². The van der Waals surface area contributed by atoms with Crippen molar-refractivity contribution in [2.24, 2.45) is 0 Å². The molecule has 0 bridgehead atoms. The summed E-state index contributed by atoms with van der Waals surface area (Å²) in [6.07, 6.45) is 1.36. The summed E-state index contributed by atoms with van der Waals surface area (Å²) >= 11 is 0. The minimum atomic E-state index is -3.63. The normalized spacial score (nSPS) is 13.0. The third kappa shape index (κ3) is 4.10. The van der Waals surface area contributed by atoms with E-state index in [4.69, 9.17) is 5.11 Å². The fourth-order valence-corrected chi connectivity index (χ4v) is 2.93. The predicted molar refractivity (Wildman–Crippen MR) is 80.2 cm³/mol. The fourth-order valence-electron chi connectivity index (χ4n) is 1.87. The summed E-state index contributed by atoms with van der Waals surface area (Å²) < 4.78 is 26.8. The van der Waals surface area contributed by atoms with Crippen LogP contribution in [0.25, 0.3) is 0 Å². The molecule has 1 atom stereocenters. The van der Waals surface area contributed by atoms with Crippen molar-refractivity contribution in [2.75, 3.05) is 6.54 Å². The number of nitrogens with zero attached hydrogens (tertiary/aromatic N) is 1. The first kappa shape index (κ1) is 15.6. The molecule has 2 rings (SSSR count). The van der Waals surface area contributed by atoms with Crippen LogP contribution in [0.1, 0.15) is 24.0 Å². The quantitative estimate of drug-likeness (QED) is 0.850. The highest BCUT2D eigenvalue weighted by Gasteiger charge is 2.17. The first-order valence-corrected chi connectivity index (χ1v) is 8.11. The van der Waals surface area contributed by atoms with Crippen molar-refractivity contribution in [1.29, 1.82) is 0 Å². The van der Waals surface area contributed by atoms with E-state index >= 15 is 0 Å². The molecule has 0 saturated carbocycles. The molecule has 6 heteroatoms. The van der Waals surface area contributed by atoms with Crippen LogP contribution in [-0.2, 0) is 16.6 Å². The van der Waals surface area contributed by atoms with Crippen molar-refractivity contribution in [1.82, 2.24) is 9.71 Å². The molecule has 1 heterocycles. The minimum absolute atomic E-state index is 0.0417. The molecule has 1 aromatic heterocycles. The summed E-state index contributed by atoms with van der Waals surface area (Å²) in [7, 11) is -3.63. The van der Waals surface area contributed by atoms with Crippen molar-refractivity contribution >= 4 is 10.0 Å². The van der Waals surface area contributed by atoms with E-state index in [0.29, 0.717) is 12.1 Å². The Labute approximate surface area is 124 Å². The molecule has 112 valence electrons. The van der Waals surface area contributed by atoms with Crippen LogP contribution in [-0.4, -0.2) is 25.1 Å². The molecule has 0 aliphatic carbocycles. The van der Waals surface area contributed by atoms with Gasteiger partial charge in [-0.15, -0.1) is 0 Å². The lowest BCUT2D eigenvalue weighted by atomic mass is 10.0. The van der Waals surface area contributed by atoms with Gasteiger partial charge < -0.3 is 5.11 Å². The number of pyridine rings is 1. The molecule has 0 radical (unpaired) electrons. The number of rotatable bonds is 6. The zero-order chi connectivity index (χ0) is 15.3. The maximum atomic E-state index is 12.1. The van der Waals surface area contributed by atoms with Crippen LogP contribution in [0.15, 0.2) is 53.7 Å². The van der Waals surface area contributed by atoms with Gasteiger partial charge in [-0.2, -0.15) is 0 Å². The first-order valence-electron chi connectivity index (χ1n) is 6.63. The minimum Gasteiger partial charge on any atom is -0.392 e. The third-order valence-corrected chi connectivity index (χ3v) is 4.54. The van der Waals surface area contributed by atoms with E-state index in [1.807, 2.05) is 37.3 Å². The largest absolute Gasteiger partial charge is 0.392 e. The van der Waals surface area contributed by atoms with Gasteiger partial charge in [0.15, 0.2) is 5.03 Å². The molecule has 0 fully saturated rings. The van der Waals surface area contributed by atoms with E-state index in [1.165, 1.54) is 12.3 Å². The number of hydrogen-bond acceptors (Lipinski definition) is 4. The lowest BCUT2D eigenvalue weighted by Gasteiger charge is -2.13. The van der Waals surface area contributed by atoms with Crippen LogP contribution in [0.5, 0.6) is 0 Å². The molecule has 1 unspecified atom stereocenters. The molecule has 0 spiro atoms. The Kier molecular flexibility index (Phi) is 5.06. The Hall–Kier alpha value is -1.76. The number of hydrogen-bond donors (Lipinski definition) is 2. The molecule has 2 aromatic rings. The number of aliphatic hydroxyl groups is 1. The maximum Gasteiger partial charge on any atom is 0.258 e. The second-order valence-corrected chi connectivity index (χ2v) is 6.54. The van der Waals surface area contributed by atoms with Crippen molar-refractivity contribution in [3.8, 4) is 0 Å². The highest BCUT2D eigenvalue weighted by Crippen LogP contribution is 2.14. The molecule has 0 saturated heterocycles. The smallest absolute Gasteiger partial charge is 0.258 e. The average Bonchev–Trinajstić information content (AvgIpc) is 2.53. The van der Waals surface area contributed by atoms with E-state index in [9.17, 15) is 8.42 Å². The van der Waals surface area contributed by atoms with Gasteiger partial charge in [0.1, 0.15) is 0 Å². The Morgan fingerprint density at radius 1 is 1.19 bits per heavy atom. The van der Waals surface area contributed by atoms with Gasteiger partial charge in [0.2, 0.25) is 0 Å². The Morgan fingerprint density at radius 2 is 1.90 bits per heavy atom. The molecule has 1 aromatic carbocycles. The van der Waals surface area contributed by atoms with E-state index in [-0.39, 0.29) is 17.6 Å². The highest BCUT2D eigenvalue weighted by molar-refractivity contribution is 7.89. The zero-order valence-electron chi connectivity index (χ0n) is 11.7. The van der Waals surface area contributed by atoms with Gasteiger partial charge in [-0.05, 0) is 23.1 Å². The van der Waals surface area contributed by atoms with Crippen LogP contribution < -0.4 is 4.72 Å². The van der Waals surface area contributed by atoms with E-state index < -0.39 is 10.0 Å². The Morgan fingerprint density at radius 3 is 2.48 bits per heavy atom. The van der Waals surface area contributed by atoms with Crippen LogP contribution in [0.3, 0.4) is 0 Å². The van der Waals surface area contributed by atoms with Gasteiger partial charge in [-0.25, -0.2) is 18.1 Å². The SMILES string of the molecule is CC(CNS(=O)(=O)c1ccc(CO)cn1)c1ccccc1. The van der Waals surface area contributed by atoms with Crippen LogP contribution in [0, 0.1) is 0 Å². The number of nitrogens with one attached hydrogen (secondary N) is 1. The predicted octanol–water partition coefficient (Wildman–Crippen LogP) is 1.66. The lowest BCUT2D eigenvalue weighted by Crippen LogP contribution is -2.28. The van der Waals surface area contributed by atoms with Crippen LogP contribution in [0.2, 0.25) is 0 Å². The summed E-state index contributed by atoms with van der Waals surface area (Å²) in [5.74, 6) is 0.0673. The third-order valence-electron chi connectivity index (χ3n) is 3.20. The highest BCUT2D eigenvalue weighted by atomic mass is 32.2. The van der Waals surface area contributed by atoms with Crippen molar-refractivity contribution in [3.63, 3.8) is 0 Å². The number of aliphatic hydroxyl groups excluding tert-OH is 1. The van der Waals surface area contributed by atoms with Crippen LogP contribution >= 0.6 is 0 Å². The Balaban J connectivity index is 2.04. The number of benzene rings is 1. The molecule has 0 amide bonds. The van der Waals surface area contributed by atoms with Gasteiger partial charge in [-0.1, -0.05) is 43.3 Å². The van der Waals surface area contributed by atoms with E-state index in [2.05, 4.69) is 9.71 Å². The van der Waals surface area contributed by atoms with Crippen molar-refractivity contribution in [2.45, 2.75) is 24.5 Å². The summed E-state index contributed by atoms with van der Waals surface area (Å²) in [6.45, 7) is 2.10. The summed E-state index contributed by atoms with van der Waals surface area (Å²) in [5, 5.41) is 8.89.